The van der Waals surface area contributed by atoms with Crippen LogP contribution in [0.1, 0.15) is 0 Å². The number of rotatable bonds is 2. The van der Waals surface area contributed by atoms with Crippen molar-refractivity contribution in [2.24, 2.45) is 0 Å². The van der Waals surface area contributed by atoms with Gasteiger partial charge in [0.2, 0.25) is 5.95 Å². The van der Waals surface area contributed by atoms with Crippen LogP contribution in [-0.4, -0.2) is 29.6 Å². The second-order valence-electron chi connectivity index (χ2n) is 2.94. The molecule has 0 saturated carbocycles. The number of nitrogens with zero attached hydrogens (tertiary/aromatic N) is 1. The topological polar surface area (TPSA) is 3.24 Å². The van der Waals surface area contributed by atoms with Gasteiger partial charge < -0.3 is 0 Å². The van der Waals surface area contributed by atoms with E-state index in [1.165, 1.54) is 0 Å². The van der Waals surface area contributed by atoms with Crippen molar-refractivity contribution in [3.8, 4) is 0 Å². The van der Waals surface area contributed by atoms with Crippen LogP contribution in [0.4, 0.5) is 57.1 Å². The van der Waals surface area contributed by atoms with Crippen molar-refractivity contribution in [2.75, 3.05) is 0 Å². The first-order valence-corrected chi connectivity index (χ1v) is 3.88. The first-order valence-electron chi connectivity index (χ1n) is 3.88. The molecular weight excluding hydrogens is 333 g/mol. The van der Waals surface area contributed by atoms with Crippen molar-refractivity contribution in [1.82, 2.24) is 4.90 Å². The molecule has 20 heavy (non-hydrogen) atoms. The van der Waals surface area contributed by atoms with Crippen LogP contribution in [0.3, 0.4) is 0 Å². The van der Waals surface area contributed by atoms with Crippen molar-refractivity contribution in [3.63, 3.8) is 0 Å². The predicted octanol–water partition coefficient (Wildman–Crippen LogP) is 4.63. The first kappa shape index (κ1) is 18.6. The van der Waals surface area contributed by atoms with E-state index in [1.54, 1.807) is 0 Å². The van der Waals surface area contributed by atoms with Crippen molar-refractivity contribution in [3.05, 3.63) is 11.8 Å². The number of alkyl halides is 11. The monoisotopic (exact) mass is 333 g/mol. The van der Waals surface area contributed by atoms with Crippen LogP contribution in [0, 0.1) is 0 Å². The van der Waals surface area contributed by atoms with Crippen LogP contribution >= 0.6 is 0 Å². The molecule has 0 aromatic carbocycles. The highest BCUT2D eigenvalue weighted by molar-refractivity contribution is 5.08. The third-order valence-corrected chi connectivity index (χ3v) is 1.50. The molecule has 14 heteroatoms. The van der Waals surface area contributed by atoms with E-state index in [0.29, 0.717) is 0 Å². The Labute approximate surface area is 99.8 Å². The average molecular weight is 333 g/mol. The molecule has 0 rings (SSSR count). The van der Waals surface area contributed by atoms with Gasteiger partial charge in [-0.2, -0.15) is 48.8 Å². The standard InChI is InChI=1S/C6F13N/c7-1(3(9,10)11)2(8)20(6(17,18)19)5(15,16)4(12,13)14/b2-1+. The molecule has 1 nitrogen and oxygen atoms in total. The zero-order valence-electron chi connectivity index (χ0n) is 8.36. The summed E-state index contributed by atoms with van der Waals surface area (Å²) in [7, 11) is 0. The Kier molecular flexibility index (Phi) is 4.54. The number of halogens is 13. The summed E-state index contributed by atoms with van der Waals surface area (Å²) in [6, 6.07) is -7.15. The molecule has 0 N–H and O–H groups in total. The Balaban J connectivity index is 6.14. The molecule has 0 bridgehead atoms. The Morgan fingerprint density at radius 1 is 0.650 bits per heavy atom. The fourth-order valence-corrected chi connectivity index (χ4v) is 0.736. The fourth-order valence-electron chi connectivity index (χ4n) is 0.736. The summed E-state index contributed by atoms with van der Waals surface area (Å²) in [5, 5.41) is 0. The lowest BCUT2D eigenvalue weighted by Gasteiger charge is -2.33. The summed E-state index contributed by atoms with van der Waals surface area (Å²) >= 11 is 0. The second kappa shape index (κ2) is 4.87. The third kappa shape index (κ3) is 3.59. The molecule has 0 spiro atoms. The maximum Gasteiger partial charge on any atom is 0.491 e. The van der Waals surface area contributed by atoms with E-state index >= 15 is 0 Å². The van der Waals surface area contributed by atoms with Gasteiger partial charge in [-0.15, -0.1) is 13.2 Å². The minimum absolute atomic E-state index is 3.59. The normalized spacial score (nSPS) is 16.1. The maximum absolute atomic E-state index is 12.5. The number of allylic oxidation sites excluding steroid dienone is 1. The van der Waals surface area contributed by atoms with Crippen LogP contribution < -0.4 is 0 Å². The van der Waals surface area contributed by atoms with E-state index in [0.717, 1.165) is 0 Å². The summed E-state index contributed by atoms with van der Waals surface area (Å²) in [6.07, 6.45) is -20.6. The van der Waals surface area contributed by atoms with Crippen LogP contribution in [0.25, 0.3) is 0 Å². The Morgan fingerprint density at radius 2 is 1.00 bits per heavy atom. The lowest BCUT2D eigenvalue weighted by atomic mass is 10.4. The van der Waals surface area contributed by atoms with Crippen LogP contribution in [0.2, 0.25) is 0 Å². The summed E-state index contributed by atoms with van der Waals surface area (Å²) in [5.74, 6) is -8.86. The molecule has 0 fully saturated rings. The van der Waals surface area contributed by atoms with Crippen molar-refractivity contribution < 1.29 is 57.1 Å². The predicted molar refractivity (Wildman–Crippen MR) is 34.2 cm³/mol. The molecule has 0 aliphatic carbocycles. The van der Waals surface area contributed by atoms with E-state index in [9.17, 15) is 57.1 Å². The summed E-state index contributed by atoms with van der Waals surface area (Å²) in [5.41, 5.74) is 0. The van der Waals surface area contributed by atoms with Gasteiger partial charge in [-0.05, 0) is 0 Å². The lowest BCUT2D eigenvalue weighted by Crippen LogP contribution is -2.57. The van der Waals surface area contributed by atoms with E-state index in [-0.39, 0.29) is 0 Å². The van der Waals surface area contributed by atoms with Gasteiger partial charge in [0.15, 0.2) is 0 Å². The van der Waals surface area contributed by atoms with E-state index < -0.39 is 41.4 Å². The molecule has 120 valence electrons. The van der Waals surface area contributed by atoms with E-state index in [2.05, 4.69) is 0 Å². The number of hydrogen-bond acceptors (Lipinski definition) is 1. The van der Waals surface area contributed by atoms with Gasteiger partial charge in [-0.3, -0.25) is 0 Å². The molecule has 0 atom stereocenters. The highest BCUT2D eigenvalue weighted by Crippen LogP contribution is 2.47. The Hall–Kier alpha value is -1.37. The lowest BCUT2D eigenvalue weighted by molar-refractivity contribution is -0.405. The van der Waals surface area contributed by atoms with Crippen LogP contribution in [0.15, 0.2) is 11.8 Å². The van der Waals surface area contributed by atoms with Gasteiger partial charge in [0.05, 0.1) is 0 Å². The molecule has 0 aliphatic rings. The maximum atomic E-state index is 12.5. The SMILES string of the molecule is F/C(=C(\F)C(F)(F)F)N(C(F)(F)F)C(F)(F)C(F)(F)F. The molecule has 0 aromatic heterocycles. The molecule has 0 radical (unpaired) electrons. The van der Waals surface area contributed by atoms with Gasteiger partial charge in [0, 0.05) is 0 Å². The highest BCUT2D eigenvalue weighted by Gasteiger charge is 2.70. The minimum atomic E-state index is -7.15. The van der Waals surface area contributed by atoms with E-state index in [4.69, 9.17) is 0 Å². The molecule has 0 saturated heterocycles. The average Bonchev–Trinajstić information content (AvgIpc) is 2.10. The third-order valence-electron chi connectivity index (χ3n) is 1.50. The summed E-state index contributed by atoms with van der Waals surface area (Å²) in [6.45, 7) is 0. The highest BCUT2D eigenvalue weighted by atomic mass is 19.4. The zero-order valence-corrected chi connectivity index (χ0v) is 8.36. The first-order chi connectivity index (χ1) is 8.44. The molecular formula is C6F13N. The van der Waals surface area contributed by atoms with Gasteiger partial charge in [0.25, 0.3) is 5.83 Å². The fraction of sp³-hybridized carbons (Fsp3) is 0.667. The quantitative estimate of drug-likeness (QED) is 0.526. The van der Waals surface area contributed by atoms with Gasteiger partial charge in [-0.25, -0.2) is 0 Å². The smallest absolute Gasteiger partial charge is 0.197 e. The largest absolute Gasteiger partial charge is 0.491 e. The van der Waals surface area contributed by atoms with Gasteiger partial charge in [-0.1, -0.05) is 0 Å². The van der Waals surface area contributed by atoms with Crippen molar-refractivity contribution >= 4 is 0 Å². The minimum Gasteiger partial charge on any atom is -0.197 e. The summed E-state index contributed by atoms with van der Waals surface area (Å²) < 4.78 is 155. The molecule has 0 aliphatic heterocycles. The van der Waals surface area contributed by atoms with Gasteiger partial charge >= 0.3 is 24.7 Å². The molecule has 0 amide bonds. The van der Waals surface area contributed by atoms with Crippen molar-refractivity contribution in [1.29, 1.82) is 0 Å². The Morgan fingerprint density at radius 3 is 1.20 bits per heavy atom. The second-order valence-corrected chi connectivity index (χ2v) is 2.94. The van der Waals surface area contributed by atoms with Crippen LogP contribution in [0.5, 0.6) is 0 Å². The zero-order chi connectivity index (χ0) is 16.7. The molecule has 0 aromatic rings. The van der Waals surface area contributed by atoms with Crippen LogP contribution in [-0.2, 0) is 0 Å². The van der Waals surface area contributed by atoms with Gasteiger partial charge in [0.1, 0.15) is 0 Å². The Bertz CT molecular complexity index is 381. The van der Waals surface area contributed by atoms with Crippen molar-refractivity contribution in [2.45, 2.75) is 24.7 Å². The van der Waals surface area contributed by atoms with E-state index in [1.807, 2.05) is 0 Å². The molecule has 0 heterocycles. The number of hydrogen-bond donors (Lipinski definition) is 0. The summed E-state index contributed by atoms with van der Waals surface area (Å²) in [4.78, 5) is -3.59. The molecule has 0 unspecified atom stereocenters.